The molecule has 0 radical (unpaired) electrons. The summed E-state index contributed by atoms with van der Waals surface area (Å²) in [5, 5.41) is 8.98. The van der Waals surface area contributed by atoms with E-state index in [1.807, 2.05) is 20.8 Å². The van der Waals surface area contributed by atoms with Gasteiger partial charge in [0.25, 0.3) is 0 Å². The molecule has 1 rings (SSSR count). The Bertz CT molecular complexity index is 468. The Labute approximate surface area is 101 Å². The summed E-state index contributed by atoms with van der Waals surface area (Å²) in [4.78, 5) is 11.0. The number of hydrogen-bond donors (Lipinski definition) is 1. The molecule has 0 aliphatic carbocycles. The first kappa shape index (κ1) is 13.4. The van der Waals surface area contributed by atoms with Gasteiger partial charge in [-0.2, -0.15) is 0 Å². The molecule has 0 spiro atoms. The molecule has 0 saturated heterocycles. The van der Waals surface area contributed by atoms with E-state index < -0.39 is 11.8 Å². The molecule has 17 heavy (non-hydrogen) atoms. The summed E-state index contributed by atoms with van der Waals surface area (Å²) in [6.07, 6.45) is 3.27. The van der Waals surface area contributed by atoms with E-state index in [1.165, 1.54) is 6.07 Å². The quantitative estimate of drug-likeness (QED) is 0.846. The maximum Gasteiger partial charge on any atom is 0.338 e. The maximum atomic E-state index is 13.8. The fourth-order valence-electron chi connectivity index (χ4n) is 1.54. The normalized spacial score (nSPS) is 12.1. The van der Waals surface area contributed by atoms with Crippen LogP contribution in [0.4, 0.5) is 4.39 Å². The average Bonchev–Trinajstić information content (AvgIpc) is 2.19. The lowest BCUT2D eigenvalue weighted by atomic mass is 9.84. The summed E-state index contributed by atoms with van der Waals surface area (Å²) >= 11 is 0. The molecule has 1 N–H and O–H groups in total. The van der Waals surface area contributed by atoms with Crippen molar-refractivity contribution in [1.82, 2.24) is 0 Å². The second-order valence-electron chi connectivity index (χ2n) is 4.98. The van der Waals surface area contributed by atoms with Gasteiger partial charge in [-0.25, -0.2) is 9.18 Å². The molecule has 0 unspecified atom stereocenters. The number of benzene rings is 1. The van der Waals surface area contributed by atoms with E-state index in [2.05, 4.69) is 0 Å². The van der Waals surface area contributed by atoms with Crippen molar-refractivity contribution in [2.24, 2.45) is 0 Å². The molecule has 0 heterocycles. The molecule has 3 heteroatoms. The largest absolute Gasteiger partial charge is 0.478 e. The van der Waals surface area contributed by atoms with Crippen LogP contribution in [0.1, 0.15) is 49.2 Å². The van der Waals surface area contributed by atoms with Crippen LogP contribution in [0, 0.1) is 5.82 Å². The fraction of sp³-hybridized carbons (Fsp3) is 0.357. The molecule has 0 bridgehead atoms. The molecule has 0 aromatic heterocycles. The summed E-state index contributed by atoms with van der Waals surface area (Å²) in [6, 6.07) is 3.10. The summed E-state index contributed by atoms with van der Waals surface area (Å²) in [5.74, 6) is -1.91. The number of halogens is 1. The van der Waals surface area contributed by atoms with Gasteiger partial charge in [-0.1, -0.05) is 32.9 Å². The summed E-state index contributed by atoms with van der Waals surface area (Å²) in [6.45, 7) is 7.66. The molecular formula is C14H17FO2. The van der Waals surface area contributed by atoms with Crippen LogP contribution >= 0.6 is 0 Å². The van der Waals surface area contributed by atoms with Crippen LogP contribution in [0.15, 0.2) is 18.2 Å². The standard InChI is InChI=1S/C14H17FO2/c1-5-6-9-7-10(14(2,3)4)8-11(12(9)15)13(16)17/h5-8H,1-4H3,(H,16,17). The van der Waals surface area contributed by atoms with E-state index >= 15 is 0 Å². The van der Waals surface area contributed by atoms with Gasteiger partial charge in [0.05, 0.1) is 5.56 Å². The Hall–Kier alpha value is -1.64. The number of carboxylic acid groups (broad SMARTS) is 1. The zero-order valence-corrected chi connectivity index (χ0v) is 10.5. The van der Waals surface area contributed by atoms with E-state index in [0.717, 1.165) is 5.56 Å². The van der Waals surface area contributed by atoms with E-state index in [9.17, 15) is 9.18 Å². The van der Waals surface area contributed by atoms with Gasteiger partial charge in [0.2, 0.25) is 0 Å². The van der Waals surface area contributed by atoms with Gasteiger partial charge in [0, 0.05) is 5.56 Å². The van der Waals surface area contributed by atoms with Crippen molar-refractivity contribution in [2.45, 2.75) is 33.1 Å². The van der Waals surface area contributed by atoms with Crippen molar-refractivity contribution in [1.29, 1.82) is 0 Å². The van der Waals surface area contributed by atoms with E-state index in [4.69, 9.17) is 5.11 Å². The number of rotatable bonds is 2. The number of allylic oxidation sites excluding steroid dienone is 1. The fourth-order valence-corrected chi connectivity index (χ4v) is 1.54. The Kier molecular flexibility index (Phi) is 3.71. The molecular weight excluding hydrogens is 219 g/mol. The number of carboxylic acids is 1. The molecule has 1 aromatic carbocycles. The van der Waals surface area contributed by atoms with Gasteiger partial charge in [-0.3, -0.25) is 0 Å². The van der Waals surface area contributed by atoms with Crippen molar-refractivity contribution in [2.75, 3.05) is 0 Å². The Morgan fingerprint density at radius 2 is 1.94 bits per heavy atom. The maximum absolute atomic E-state index is 13.8. The van der Waals surface area contributed by atoms with Gasteiger partial charge in [-0.15, -0.1) is 0 Å². The topological polar surface area (TPSA) is 37.3 Å². The highest BCUT2D eigenvalue weighted by molar-refractivity contribution is 5.89. The van der Waals surface area contributed by atoms with Crippen molar-refractivity contribution in [3.05, 3.63) is 40.7 Å². The third-order valence-electron chi connectivity index (χ3n) is 2.54. The van der Waals surface area contributed by atoms with Crippen LogP contribution < -0.4 is 0 Å². The smallest absolute Gasteiger partial charge is 0.338 e. The summed E-state index contributed by atoms with van der Waals surface area (Å²) in [5.41, 5.74) is 0.640. The van der Waals surface area contributed by atoms with Gasteiger partial charge in [-0.05, 0) is 30.0 Å². The predicted molar refractivity (Wildman–Crippen MR) is 66.8 cm³/mol. The second-order valence-corrected chi connectivity index (χ2v) is 4.98. The third kappa shape index (κ3) is 2.93. The zero-order chi connectivity index (χ0) is 13.2. The lowest BCUT2D eigenvalue weighted by Gasteiger charge is -2.20. The zero-order valence-electron chi connectivity index (χ0n) is 10.5. The molecule has 0 amide bonds. The van der Waals surface area contributed by atoms with Crippen LogP contribution in [0.5, 0.6) is 0 Å². The van der Waals surface area contributed by atoms with Crippen LogP contribution in [-0.4, -0.2) is 11.1 Å². The van der Waals surface area contributed by atoms with Gasteiger partial charge < -0.3 is 5.11 Å². The molecule has 0 fully saturated rings. The first-order chi connectivity index (χ1) is 7.77. The van der Waals surface area contributed by atoms with E-state index in [-0.39, 0.29) is 11.0 Å². The number of hydrogen-bond acceptors (Lipinski definition) is 1. The van der Waals surface area contributed by atoms with Gasteiger partial charge >= 0.3 is 5.97 Å². The van der Waals surface area contributed by atoms with Crippen molar-refractivity contribution < 1.29 is 14.3 Å². The minimum atomic E-state index is -1.24. The van der Waals surface area contributed by atoms with Crippen molar-refractivity contribution >= 4 is 12.0 Å². The first-order valence-electron chi connectivity index (χ1n) is 5.47. The molecule has 1 aromatic rings. The van der Waals surface area contributed by atoms with Crippen molar-refractivity contribution in [3.8, 4) is 0 Å². The van der Waals surface area contributed by atoms with Gasteiger partial charge in [0.1, 0.15) is 5.82 Å². The minimum Gasteiger partial charge on any atom is -0.478 e. The highest BCUT2D eigenvalue weighted by Crippen LogP contribution is 2.27. The van der Waals surface area contributed by atoms with Crippen LogP contribution in [0.3, 0.4) is 0 Å². The first-order valence-corrected chi connectivity index (χ1v) is 5.47. The predicted octanol–water partition coefficient (Wildman–Crippen LogP) is 3.85. The lowest BCUT2D eigenvalue weighted by Crippen LogP contribution is -2.14. The molecule has 0 aliphatic rings. The Balaban J connectivity index is 3.53. The number of aromatic carboxylic acids is 1. The average molecular weight is 236 g/mol. The number of carbonyl (C=O) groups is 1. The molecule has 92 valence electrons. The molecule has 0 atom stereocenters. The molecule has 0 aliphatic heterocycles. The van der Waals surface area contributed by atoms with E-state index in [1.54, 1.807) is 25.1 Å². The molecule has 2 nitrogen and oxygen atoms in total. The Morgan fingerprint density at radius 1 is 1.35 bits per heavy atom. The van der Waals surface area contributed by atoms with Crippen LogP contribution in [0.2, 0.25) is 0 Å². The third-order valence-corrected chi connectivity index (χ3v) is 2.54. The SMILES string of the molecule is CC=Cc1cc(C(C)(C)C)cc(C(=O)O)c1F. The molecule has 0 saturated carbocycles. The van der Waals surface area contributed by atoms with Gasteiger partial charge in [0.15, 0.2) is 0 Å². The van der Waals surface area contributed by atoms with Crippen molar-refractivity contribution in [3.63, 3.8) is 0 Å². The highest BCUT2D eigenvalue weighted by Gasteiger charge is 2.20. The van der Waals surface area contributed by atoms with Crippen LogP contribution in [-0.2, 0) is 5.41 Å². The minimum absolute atomic E-state index is 0.214. The van der Waals surface area contributed by atoms with E-state index in [0.29, 0.717) is 5.56 Å². The highest BCUT2D eigenvalue weighted by atomic mass is 19.1. The Morgan fingerprint density at radius 3 is 2.35 bits per heavy atom. The lowest BCUT2D eigenvalue weighted by molar-refractivity contribution is 0.0691. The summed E-state index contributed by atoms with van der Waals surface area (Å²) in [7, 11) is 0. The monoisotopic (exact) mass is 236 g/mol. The van der Waals surface area contributed by atoms with Crippen LogP contribution in [0.25, 0.3) is 6.08 Å². The second kappa shape index (κ2) is 4.70. The summed E-state index contributed by atoms with van der Waals surface area (Å²) < 4.78 is 13.8.